The van der Waals surface area contributed by atoms with Gasteiger partial charge in [-0.05, 0) is 31.0 Å². The second-order valence-electron chi connectivity index (χ2n) is 5.20. The van der Waals surface area contributed by atoms with Gasteiger partial charge in [-0.15, -0.1) is 0 Å². The Kier molecular flexibility index (Phi) is 5.70. The molecule has 1 amide bonds. The van der Waals surface area contributed by atoms with Gasteiger partial charge in [-0.1, -0.05) is 25.5 Å². The van der Waals surface area contributed by atoms with Crippen LogP contribution in [-0.4, -0.2) is 34.2 Å². The Hall–Kier alpha value is -1.88. The highest BCUT2D eigenvalue weighted by atomic mass is 16.4. The molecular formula is C15H21NO4. The number of hydrogen-bond donors (Lipinski definition) is 3. The van der Waals surface area contributed by atoms with Crippen LogP contribution < -0.4 is 5.32 Å². The Morgan fingerprint density at radius 2 is 1.85 bits per heavy atom. The lowest BCUT2D eigenvalue weighted by Crippen LogP contribution is -2.41. The average Bonchev–Trinajstić information content (AvgIpc) is 2.37. The number of nitrogens with one attached hydrogen (secondary N) is 1. The molecule has 0 aliphatic rings. The van der Waals surface area contributed by atoms with Gasteiger partial charge in [0.05, 0.1) is 17.6 Å². The van der Waals surface area contributed by atoms with E-state index in [1.165, 1.54) is 12.1 Å². The highest BCUT2D eigenvalue weighted by molar-refractivity contribution is 5.87. The SMILES string of the molecule is CCCC(C)(O)CNC(=O)Cc1ccc(C(=O)O)cc1. The molecule has 0 bridgehead atoms. The summed E-state index contributed by atoms with van der Waals surface area (Å²) < 4.78 is 0. The zero-order chi connectivity index (χ0) is 15.2. The highest BCUT2D eigenvalue weighted by Gasteiger charge is 2.19. The van der Waals surface area contributed by atoms with E-state index in [-0.39, 0.29) is 24.4 Å². The van der Waals surface area contributed by atoms with Gasteiger partial charge in [0, 0.05) is 6.54 Å². The number of amides is 1. The molecule has 1 unspecified atom stereocenters. The van der Waals surface area contributed by atoms with E-state index in [4.69, 9.17) is 5.11 Å². The van der Waals surface area contributed by atoms with Crippen molar-refractivity contribution in [3.05, 3.63) is 35.4 Å². The van der Waals surface area contributed by atoms with E-state index in [2.05, 4.69) is 5.32 Å². The van der Waals surface area contributed by atoms with Crippen molar-refractivity contribution >= 4 is 11.9 Å². The topological polar surface area (TPSA) is 86.6 Å². The minimum Gasteiger partial charge on any atom is -0.478 e. The van der Waals surface area contributed by atoms with Gasteiger partial charge in [-0.25, -0.2) is 4.79 Å². The van der Waals surface area contributed by atoms with Crippen LogP contribution in [0.1, 0.15) is 42.6 Å². The molecule has 0 heterocycles. The molecule has 110 valence electrons. The Morgan fingerprint density at radius 1 is 1.25 bits per heavy atom. The number of benzene rings is 1. The molecule has 5 nitrogen and oxygen atoms in total. The third kappa shape index (κ3) is 5.40. The molecule has 0 radical (unpaired) electrons. The smallest absolute Gasteiger partial charge is 0.335 e. The van der Waals surface area contributed by atoms with Crippen LogP contribution in [0.25, 0.3) is 0 Å². The van der Waals surface area contributed by atoms with Crippen molar-refractivity contribution in [2.24, 2.45) is 0 Å². The van der Waals surface area contributed by atoms with E-state index in [1.807, 2.05) is 6.92 Å². The number of carboxylic acids is 1. The first-order chi connectivity index (χ1) is 9.34. The molecule has 20 heavy (non-hydrogen) atoms. The van der Waals surface area contributed by atoms with Crippen LogP contribution in [0.2, 0.25) is 0 Å². The molecular weight excluding hydrogens is 258 g/mol. The van der Waals surface area contributed by atoms with Crippen molar-refractivity contribution in [1.29, 1.82) is 0 Å². The van der Waals surface area contributed by atoms with Gasteiger partial charge in [0.15, 0.2) is 0 Å². The molecule has 1 aromatic carbocycles. The van der Waals surface area contributed by atoms with Gasteiger partial charge in [0.25, 0.3) is 0 Å². The Bertz CT molecular complexity index is 465. The van der Waals surface area contributed by atoms with Gasteiger partial charge in [0.1, 0.15) is 0 Å². The predicted octanol–water partition coefficient (Wildman–Crippen LogP) is 1.59. The van der Waals surface area contributed by atoms with Gasteiger partial charge >= 0.3 is 5.97 Å². The summed E-state index contributed by atoms with van der Waals surface area (Å²) in [6.07, 6.45) is 1.64. The number of hydrogen-bond acceptors (Lipinski definition) is 3. The molecule has 0 aliphatic heterocycles. The van der Waals surface area contributed by atoms with Crippen molar-refractivity contribution < 1.29 is 19.8 Å². The van der Waals surface area contributed by atoms with Crippen LogP contribution >= 0.6 is 0 Å². The second kappa shape index (κ2) is 7.05. The van der Waals surface area contributed by atoms with Gasteiger partial charge in [-0.3, -0.25) is 4.79 Å². The Morgan fingerprint density at radius 3 is 2.35 bits per heavy atom. The summed E-state index contributed by atoms with van der Waals surface area (Å²) >= 11 is 0. The fraction of sp³-hybridized carbons (Fsp3) is 0.467. The highest BCUT2D eigenvalue weighted by Crippen LogP contribution is 2.10. The summed E-state index contributed by atoms with van der Waals surface area (Å²) in [5.74, 6) is -1.18. The third-order valence-electron chi connectivity index (χ3n) is 3.02. The van der Waals surface area contributed by atoms with E-state index >= 15 is 0 Å². The molecule has 3 N–H and O–H groups in total. The zero-order valence-corrected chi connectivity index (χ0v) is 11.8. The largest absolute Gasteiger partial charge is 0.478 e. The minimum atomic E-state index is -0.989. The quantitative estimate of drug-likeness (QED) is 0.707. The van der Waals surface area contributed by atoms with Crippen LogP contribution in [0.3, 0.4) is 0 Å². The molecule has 1 rings (SSSR count). The van der Waals surface area contributed by atoms with Crippen LogP contribution in [0.15, 0.2) is 24.3 Å². The van der Waals surface area contributed by atoms with Crippen molar-refractivity contribution in [2.45, 2.75) is 38.7 Å². The standard InChI is InChI=1S/C15H21NO4/c1-3-8-15(2,20)10-16-13(17)9-11-4-6-12(7-5-11)14(18)19/h4-7,20H,3,8-10H2,1-2H3,(H,16,17)(H,18,19). The summed E-state index contributed by atoms with van der Waals surface area (Å²) in [5, 5.41) is 21.4. The van der Waals surface area contributed by atoms with Gasteiger partial charge < -0.3 is 15.5 Å². The first-order valence-electron chi connectivity index (χ1n) is 6.65. The lowest BCUT2D eigenvalue weighted by atomic mass is 10.0. The molecule has 5 heteroatoms. The maximum Gasteiger partial charge on any atom is 0.335 e. The first kappa shape index (κ1) is 16.2. The maximum atomic E-state index is 11.7. The predicted molar refractivity (Wildman–Crippen MR) is 75.6 cm³/mol. The fourth-order valence-corrected chi connectivity index (χ4v) is 1.93. The molecule has 1 atom stereocenters. The summed E-state index contributed by atoms with van der Waals surface area (Å²) in [6, 6.07) is 6.18. The summed E-state index contributed by atoms with van der Waals surface area (Å²) in [6.45, 7) is 3.88. The van der Waals surface area contributed by atoms with Crippen LogP contribution in [-0.2, 0) is 11.2 Å². The Balaban J connectivity index is 2.48. The van der Waals surface area contributed by atoms with Crippen LogP contribution in [0.5, 0.6) is 0 Å². The fourth-order valence-electron chi connectivity index (χ4n) is 1.93. The molecule has 1 aromatic rings. The normalized spacial score (nSPS) is 13.6. The number of carboxylic acid groups (broad SMARTS) is 1. The zero-order valence-electron chi connectivity index (χ0n) is 11.8. The van der Waals surface area contributed by atoms with Crippen LogP contribution in [0, 0.1) is 0 Å². The Labute approximate surface area is 118 Å². The van der Waals surface area contributed by atoms with Crippen molar-refractivity contribution in [3.63, 3.8) is 0 Å². The second-order valence-corrected chi connectivity index (χ2v) is 5.20. The number of carbonyl (C=O) groups is 2. The molecule has 0 aromatic heterocycles. The first-order valence-corrected chi connectivity index (χ1v) is 6.65. The number of rotatable bonds is 7. The summed E-state index contributed by atoms with van der Waals surface area (Å²) in [5.41, 5.74) is 0.0417. The number of aliphatic hydroxyl groups is 1. The molecule has 0 saturated heterocycles. The van der Waals surface area contributed by atoms with Crippen molar-refractivity contribution in [1.82, 2.24) is 5.32 Å². The van der Waals surface area contributed by atoms with E-state index < -0.39 is 11.6 Å². The number of aromatic carboxylic acids is 1. The monoisotopic (exact) mass is 279 g/mol. The lowest BCUT2D eigenvalue weighted by Gasteiger charge is -2.22. The molecule has 0 aliphatic carbocycles. The lowest BCUT2D eigenvalue weighted by molar-refractivity contribution is -0.121. The minimum absolute atomic E-state index is 0.169. The third-order valence-corrected chi connectivity index (χ3v) is 3.02. The van der Waals surface area contributed by atoms with E-state index in [1.54, 1.807) is 19.1 Å². The van der Waals surface area contributed by atoms with Crippen LogP contribution in [0.4, 0.5) is 0 Å². The molecule has 0 spiro atoms. The maximum absolute atomic E-state index is 11.7. The summed E-state index contributed by atoms with van der Waals surface area (Å²) in [7, 11) is 0. The average molecular weight is 279 g/mol. The van der Waals surface area contributed by atoms with Gasteiger partial charge in [0.2, 0.25) is 5.91 Å². The molecule has 0 saturated carbocycles. The van der Waals surface area contributed by atoms with E-state index in [0.717, 1.165) is 12.0 Å². The molecule has 0 fully saturated rings. The van der Waals surface area contributed by atoms with Crippen molar-refractivity contribution in [2.75, 3.05) is 6.54 Å². The summed E-state index contributed by atoms with van der Waals surface area (Å²) in [4.78, 5) is 22.4. The number of carbonyl (C=O) groups excluding carboxylic acids is 1. The van der Waals surface area contributed by atoms with E-state index in [9.17, 15) is 14.7 Å². The van der Waals surface area contributed by atoms with Crippen molar-refractivity contribution in [3.8, 4) is 0 Å². The van der Waals surface area contributed by atoms with E-state index in [0.29, 0.717) is 6.42 Å². The van der Waals surface area contributed by atoms with Gasteiger partial charge in [-0.2, -0.15) is 0 Å².